The SMILES string of the molecule is O=C(NC1[C@@H]2CC3C[C@H]1CC(O)(C3)C2)N1CCN(c2ccc(N3CCNCC3)cc2)c2ccccc21. The molecule has 5 atom stereocenters. The van der Waals surface area contributed by atoms with E-state index in [1.807, 2.05) is 11.0 Å². The number of hydrogen-bond donors (Lipinski definition) is 3. The number of benzene rings is 2. The minimum Gasteiger partial charge on any atom is -0.390 e. The Morgan fingerprint density at radius 2 is 1.53 bits per heavy atom. The first-order chi connectivity index (χ1) is 17.6. The Hall–Kier alpha value is -2.77. The number of amides is 2. The van der Waals surface area contributed by atoms with Crippen LogP contribution in [0.2, 0.25) is 0 Å². The van der Waals surface area contributed by atoms with E-state index in [0.29, 0.717) is 24.3 Å². The van der Waals surface area contributed by atoms with Gasteiger partial charge < -0.3 is 25.5 Å². The summed E-state index contributed by atoms with van der Waals surface area (Å²) in [5, 5.41) is 17.8. The predicted octanol–water partition coefficient (Wildman–Crippen LogP) is 3.70. The van der Waals surface area contributed by atoms with Crippen molar-refractivity contribution in [2.75, 3.05) is 54.0 Å². The summed E-state index contributed by atoms with van der Waals surface area (Å²) in [6.45, 7) is 5.55. The van der Waals surface area contributed by atoms with Crippen molar-refractivity contribution in [3.8, 4) is 0 Å². The third-order valence-corrected chi connectivity index (χ3v) is 9.43. The fourth-order valence-corrected chi connectivity index (χ4v) is 8.04. The Morgan fingerprint density at radius 1 is 0.861 bits per heavy atom. The first kappa shape index (κ1) is 22.4. The Labute approximate surface area is 213 Å². The molecular weight excluding hydrogens is 450 g/mol. The summed E-state index contributed by atoms with van der Waals surface area (Å²) in [6.07, 6.45) is 4.96. The van der Waals surface area contributed by atoms with E-state index in [0.717, 1.165) is 81.9 Å². The van der Waals surface area contributed by atoms with E-state index >= 15 is 0 Å². The molecule has 3 unspecified atom stereocenters. The normalized spacial score (nSPS) is 33.0. The molecule has 4 saturated carbocycles. The van der Waals surface area contributed by atoms with Crippen LogP contribution >= 0.6 is 0 Å². The van der Waals surface area contributed by atoms with Gasteiger partial charge in [-0.05, 0) is 86.3 Å². The number of urea groups is 1. The second-order valence-electron chi connectivity index (χ2n) is 11.7. The lowest BCUT2D eigenvalue weighted by molar-refractivity contribution is -0.136. The van der Waals surface area contributed by atoms with Crippen molar-refractivity contribution < 1.29 is 9.90 Å². The average molecular weight is 488 g/mol. The average Bonchev–Trinajstić information content (AvgIpc) is 2.90. The summed E-state index contributed by atoms with van der Waals surface area (Å²) in [7, 11) is 0. The Kier molecular flexibility index (Phi) is 5.40. The van der Waals surface area contributed by atoms with Gasteiger partial charge in [0.2, 0.25) is 0 Å². The highest BCUT2D eigenvalue weighted by molar-refractivity contribution is 5.98. The van der Waals surface area contributed by atoms with Gasteiger partial charge in [0.15, 0.2) is 0 Å². The minimum absolute atomic E-state index is 0.0145. The maximum Gasteiger partial charge on any atom is 0.322 e. The smallest absolute Gasteiger partial charge is 0.322 e. The zero-order valence-electron chi connectivity index (χ0n) is 20.9. The Bertz CT molecular complexity index is 1110. The van der Waals surface area contributed by atoms with Crippen LogP contribution in [0.15, 0.2) is 48.5 Å². The Balaban J connectivity index is 1.09. The van der Waals surface area contributed by atoms with Gasteiger partial charge in [0.05, 0.1) is 17.0 Å². The Morgan fingerprint density at radius 3 is 2.22 bits per heavy atom. The number of anilines is 4. The zero-order chi connectivity index (χ0) is 24.3. The third-order valence-electron chi connectivity index (χ3n) is 9.43. The topological polar surface area (TPSA) is 71.1 Å². The number of fused-ring (bicyclic) bond motifs is 1. The van der Waals surface area contributed by atoms with Crippen LogP contribution in [-0.2, 0) is 0 Å². The standard InChI is InChI=1S/C29H37N5O2/c35-28(31-27-21-15-20-16-22(27)19-29(36,17-20)18-21)34-14-13-33(25-3-1-2-4-26(25)34)24-7-5-23(6-8-24)32-11-9-30-10-12-32/h1-8,20-22,27,30,36H,9-19H2,(H,31,35)/t20?,21-,22+,27?,29?. The molecule has 6 aliphatic rings. The quantitative estimate of drug-likeness (QED) is 0.616. The number of rotatable bonds is 3. The molecule has 7 heteroatoms. The molecule has 4 bridgehead atoms. The van der Waals surface area contributed by atoms with Gasteiger partial charge >= 0.3 is 6.03 Å². The molecule has 36 heavy (non-hydrogen) atoms. The second-order valence-corrected chi connectivity index (χ2v) is 11.7. The van der Waals surface area contributed by atoms with Gasteiger partial charge in [-0.1, -0.05) is 12.1 Å². The maximum absolute atomic E-state index is 13.6. The van der Waals surface area contributed by atoms with Crippen molar-refractivity contribution in [3.63, 3.8) is 0 Å². The van der Waals surface area contributed by atoms with Gasteiger partial charge in [-0.3, -0.25) is 4.90 Å². The number of carbonyl (C=O) groups is 1. The molecule has 0 spiro atoms. The van der Waals surface area contributed by atoms with Crippen LogP contribution in [0.3, 0.4) is 0 Å². The predicted molar refractivity (Wildman–Crippen MR) is 143 cm³/mol. The summed E-state index contributed by atoms with van der Waals surface area (Å²) < 4.78 is 0. The molecule has 2 aliphatic heterocycles. The molecule has 4 aliphatic carbocycles. The minimum atomic E-state index is -0.476. The second kappa shape index (κ2) is 8.67. The zero-order valence-corrected chi connectivity index (χ0v) is 20.9. The molecule has 0 aromatic heterocycles. The van der Waals surface area contributed by atoms with Crippen molar-refractivity contribution in [2.45, 2.75) is 43.7 Å². The fraction of sp³-hybridized carbons (Fsp3) is 0.552. The molecule has 8 rings (SSSR count). The summed E-state index contributed by atoms with van der Waals surface area (Å²) in [6, 6.07) is 17.3. The highest BCUT2D eigenvalue weighted by Gasteiger charge is 2.55. The lowest BCUT2D eigenvalue weighted by Gasteiger charge is -2.58. The maximum atomic E-state index is 13.6. The van der Waals surface area contributed by atoms with E-state index in [-0.39, 0.29) is 12.1 Å². The van der Waals surface area contributed by atoms with E-state index in [1.54, 1.807) is 0 Å². The number of nitrogens with zero attached hydrogens (tertiary/aromatic N) is 3. The highest BCUT2D eigenvalue weighted by atomic mass is 16.3. The van der Waals surface area contributed by atoms with Crippen LogP contribution in [0, 0.1) is 17.8 Å². The molecule has 2 aromatic carbocycles. The summed E-state index contributed by atoms with van der Waals surface area (Å²) in [5.74, 6) is 1.47. The molecule has 2 heterocycles. The van der Waals surface area contributed by atoms with Gasteiger partial charge in [0.1, 0.15) is 0 Å². The number of piperazine rings is 1. The van der Waals surface area contributed by atoms with Gasteiger partial charge in [-0.15, -0.1) is 0 Å². The van der Waals surface area contributed by atoms with E-state index < -0.39 is 5.60 Å². The van der Waals surface area contributed by atoms with E-state index in [4.69, 9.17) is 0 Å². The van der Waals surface area contributed by atoms with Crippen LogP contribution in [0.25, 0.3) is 0 Å². The van der Waals surface area contributed by atoms with E-state index in [2.05, 4.69) is 62.9 Å². The van der Waals surface area contributed by atoms with E-state index in [9.17, 15) is 9.90 Å². The summed E-state index contributed by atoms with van der Waals surface area (Å²) >= 11 is 0. The first-order valence-corrected chi connectivity index (χ1v) is 13.8. The van der Waals surface area contributed by atoms with Crippen LogP contribution in [0.1, 0.15) is 32.1 Å². The van der Waals surface area contributed by atoms with Crippen LogP contribution in [-0.4, -0.2) is 62.0 Å². The number of nitrogens with one attached hydrogen (secondary N) is 2. The molecular formula is C29H37N5O2. The molecule has 1 saturated heterocycles. The van der Waals surface area contributed by atoms with Crippen molar-refractivity contribution in [3.05, 3.63) is 48.5 Å². The number of aliphatic hydroxyl groups is 1. The van der Waals surface area contributed by atoms with E-state index in [1.165, 1.54) is 5.69 Å². The molecule has 2 aromatic rings. The van der Waals surface area contributed by atoms with Crippen LogP contribution in [0.5, 0.6) is 0 Å². The number of carbonyl (C=O) groups excluding carboxylic acids is 1. The lowest BCUT2D eigenvalue weighted by atomic mass is 9.52. The molecule has 3 N–H and O–H groups in total. The summed E-state index contributed by atoms with van der Waals surface area (Å²) in [5.41, 5.74) is 4.00. The van der Waals surface area contributed by atoms with Crippen molar-refractivity contribution in [2.24, 2.45) is 17.8 Å². The van der Waals surface area contributed by atoms with Gasteiger partial charge in [-0.25, -0.2) is 4.79 Å². The number of para-hydroxylation sites is 2. The van der Waals surface area contributed by atoms with Gasteiger partial charge in [0.25, 0.3) is 0 Å². The van der Waals surface area contributed by atoms with Crippen molar-refractivity contribution in [1.29, 1.82) is 0 Å². The highest BCUT2D eigenvalue weighted by Crippen LogP contribution is 2.55. The number of hydrogen-bond acceptors (Lipinski definition) is 5. The molecule has 0 radical (unpaired) electrons. The van der Waals surface area contributed by atoms with Crippen LogP contribution < -0.4 is 25.3 Å². The third kappa shape index (κ3) is 3.84. The first-order valence-electron chi connectivity index (χ1n) is 13.8. The van der Waals surface area contributed by atoms with Gasteiger partial charge in [-0.2, -0.15) is 0 Å². The largest absolute Gasteiger partial charge is 0.390 e. The summed E-state index contributed by atoms with van der Waals surface area (Å²) in [4.78, 5) is 20.3. The molecule has 2 amide bonds. The molecule has 5 fully saturated rings. The molecule has 190 valence electrons. The van der Waals surface area contributed by atoms with Crippen molar-refractivity contribution >= 4 is 28.8 Å². The monoisotopic (exact) mass is 487 g/mol. The fourth-order valence-electron chi connectivity index (χ4n) is 8.04. The lowest BCUT2D eigenvalue weighted by Crippen LogP contribution is -2.63. The molecule has 7 nitrogen and oxygen atoms in total. The van der Waals surface area contributed by atoms with Crippen molar-refractivity contribution in [1.82, 2.24) is 10.6 Å². The van der Waals surface area contributed by atoms with Crippen LogP contribution in [0.4, 0.5) is 27.5 Å². The van der Waals surface area contributed by atoms with Gasteiger partial charge in [0, 0.05) is 56.7 Å².